The van der Waals surface area contributed by atoms with Crippen molar-refractivity contribution in [1.82, 2.24) is 4.98 Å². The summed E-state index contributed by atoms with van der Waals surface area (Å²) in [5.41, 5.74) is 4.38. The molecular formula is C12H10BrN3O2S. The molecule has 0 amide bonds. The highest BCUT2D eigenvalue weighted by atomic mass is 79.9. The molecule has 1 aromatic carbocycles. The molecule has 5 nitrogen and oxygen atoms in total. The molecular weight excluding hydrogens is 330 g/mol. The van der Waals surface area contributed by atoms with Gasteiger partial charge < -0.3 is 5.11 Å². The summed E-state index contributed by atoms with van der Waals surface area (Å²) in [4.78, 5) is 15.3. The minimum atomic E-state index is -1.00. The summed E-state index contributed by atoms with van der Waals surface area (Å²) in [5, 5.41) is 15.7. The Kier molecular flexibility index (Phi) is 4.28. The van der Waals surface area contributed by atoms with Gasteiger partial charge in [0.1, 0.15) is 0 Å². The van der Waals surface area contributed by atoms with Gasteiger partial charge in [0, 0.05) is 15.4 Å². The zero-order chi connectivity index (χ0) is 13.8. The molecule has 1 aromatic heterocycles. The summed E-state index contributed by atoms with van der Waals surface area (Å²) in [6.45, 7) is 1.89. The maximum Gasteiger partial charge on any atom is 0.337 e. The van der Waals surface area contributed by atoms with E-state index in [2.05, 4.69) is 31.4 Å². The summed E-state index contributed by atoms with van der Waals surface area (Å²) in [6, 6.07) is 5.12. The molecule has 0 fully saturated rings. The fraction of sp³-hybridized carbons (Fsp3) is 0.0833. The summed E-state index contributed by atoms with van der Waals surface area (Å²) >= 11 is 4.65. The number of halogens is 1. The normalized spacial score (nSPS) is 10.8. The molecule has 1 heterocycles. The highest BCUT2D eigenvalue weighted by Crippen LogP contribution is 2.20. The number of hydrazone groups is 1. The number of aromatic nitrogens is 1. The average molecular weight is 340 g/mol. The van der Waals surface area contributed by atoms with Crippen molar-refractivity contribution in [3.8, 4) is 0 Å². The first-order valence-electron chi connectivity index (χ1n) is 5.31. The van der Waals surface area contributed by atoms with E-state index in [4.69, 9.17) is 5.11 Å². The van der Waals surface area contributed by atoms with Gasteiger partial charge in [-0.1, -0.05) is 12.1 Å². The molecule has 98 valence electrons. The number of anilines is 1. The summed E-state index contributed by atoms with van der Waals surface area (Å²) in [7, 11) is 0. The van der Waals surface area contributed by atoms with Gasteiger partial charge in [0.15, 0.2) is 0 Å². The van der Waals surface area contributed by atoms with Crippen molar-refractivity contribution < 1.29 is 9.90 Å². The Balaban J connectivity index is 2.19. The summed E-state index contributed by atoms with van der Waals surface area (Å²) < 4.78 is 0.522. The van der Waals surface area contributed by atoms with Gasteiger partial charge in [-0.2, -0.15) is 5.10 Å². The van der Waals surface area contributed by atoms with Crippen LogP contribution in [0.5, 0.6) is 0 Å². The molecule has 19 heavy (non-hydrogen) atoms. The smallest absolute Gasteiger partial charge is 0.337 e. The van der Waals surface area contributed by atoms with Gasteiger partial charge in [0.05, 0.1) is 17.5 Å². The Labute approximate surface area is 122 Å². The van der Waals surface area contributed by atoms with Crippen molar-refractivity contribution in [2.24, 2.45) is 5.10 Å². The second-order valence-electron chi connectivity index (χ2n) is 3.67. The van der Waals surface area contributed by atoms with Crippen LogP contribution in [0.1, 0.15) is 21.6 Å². The van der Waals surface area contributed by atoms with Crippen LogP contribution in [-0.4, -0.2) is 22.3 Å². The molecule has 0 radical (unpaired) electrons. The molecule has 0 spiro atoms. The van der Waals surface area contributed by atoms with Crippen LogP contribution in [0.15, 0.2) is 33.2 Å². The van der Waals surface area contributed by atoms with Crippen LogP contribution >= 0.6 is 27.3 Å². The Hall–Kier alpha value is -1.73. The first-order valence-corrected chi connectivity index (χ1v) is 6.98. The molecule has 0 aliphatic heterocycles. The maximum absolute atomic E-state index is 11.2. The number of thiazole rings is 1. The zero-order valence-electron chi connectivity index (χ0n) is 9.92. The van der Waals surface area contributed by atoms with Crippen LogP contribution in [0.25, 0.3) is 0 Å². The molecule has 0 saturated heterocycles. The van der Waals surface area contributed by atoms with Crippen molar-refractivity contribution >= 4 is 44.6 Å². The van der Waals surface area contributed by atoms with E-state index in [0.29, 0.717) is 15.2 Å². The standard InChI is InChI=1S/C12H10BrN3O2S/c1-7-6-19-12(15-7)16-14-5-8-3-2-4-9(13)10(8)11(17)18/h2-6H,1H3,(H,15,16)(H,17,18). The number of hydrogen-bond donors (Lipinski definition) is 2. The minimum Gasteiger partial charge on any atom is -0.478 e. The monoisotopic (exact) mass is 339 g/mol. The number of benzene rings is 1. The van der Waals surface area contributed by atoms with Crippen molar-refractivity contribution in [3.63, 3.8) is 0 Å². The SMILES string of the molecule is Cc1csc(NN=Cc2cccc(Br)c2C(=O)O)n1. The van der Waals surface area contributed by atoms with Crippen LogP contribution in [0.4, 0.5) is 5.13 Å². The molecule has 7 heteroatoms. The van der Waals surface area contributed by atoms with E-state index in [1.165, 1.54) is 17.6 Å². The van der Waals surface area contributed by atoms with Crippen molar-refractivity contribution in [2.75, 3.05) is 5.43 Å². The fourth-order valence-corrected chi connectivity index (χ4v) is 2.62. The number of hydrogen-bond acceptors (Lipinski definition) is 5. The molecule has 0 atom stereocenters. The molecule has 0 saturated carbocycles. The van der Waals surface area contributed by atoms with Crippen LogP contribution in [0, 0.1) is 6.92 Å². The van der Waals surface area contributed by atoms with E-state index in [1.54, 1.807) is 18.2 Å². The Morgan fingerprint density at radius 2 is 2.37 bits per heavy atom. The van der Waals surface area contributed by atoms with Gasteiger partial charge in [-0.25, -0.2) is 9.78 Å². The van der Waals surface area contributed by atoms with Crippen LogP contribution in [0.3, 0.4) is 0 Å². The van der Waals surface area contributed by atoms with E-state index in [9.17, 15) is 4.79 Å². The Morgan fingerprint density at radius 1 is 1.58 bits per heavy atom. The number of nitrogens with one attached hydrogen (secondary N) is 1. The van der Waals surface area contributed by atoms with E-state index < -0.39 is 5.97 Å². The van der Waals surface area contributed by atoms with E-state index in [1.807, 2.05) is 12.3 Å². The first-order chi connectivity index (χ1) is 9.08. The predicted molar refractivity (Wildman–Crippen MR) is 79.2 cm³/mol. The molecule has 0 bridgehead atoms. The lowest BCUT2D eigenvalue weighted by Crippen LogP contribution is -2.03. The van der Waals surface area contributed by atoms with Crippen LogP contribution in [0.2, 0.25) is 0 Å². The number of carbonyl (C=O) groups is 1. The first kappa shape index (κ1) is 13.7. The van der Waals surface area contributed by atoms with E-state index in [-0.39, 0.29) is 5.56 Å². The predicted octanol–water partition coefficient (Wildman–Crippen LogP) is 3.36. The van der Waals surface area contributed by atoms with Gasteiger partial charge in [-0.3, -0.25) is 5.43 Å². The van der Waals surface area contributed by atoms with E-state index >= 15 is 0 Å². The number of rotatable bonds is 4. The number of nitrogens with zero attached hydrogens (tertiary/aromatic N) is 2. The quantitative estimate of drug-likeness (QED) is 0.661. The van der Waals surface area contributed by atoms with Gasteiger partial charge >= 0.3 is 5.97 Å². The van der Waals surface area contributed by atoms with E-state index in [0.717, 1.165) is 5.69 Å². The molecule has 0 aliphatic carbocycles. The number of carboxylic acid groups (broad SMARTS) is 1. The summed E-state index contributed by atoms with van der Waals surface area (Å²) in [6.07, 6.45) is 1.46. The highest BCUT2D eigenvalue weighted by molar-refractivity contribution is 9.10. The second-order valence-corrected chi connectivity index (χ2v) is 5.39. The zero-order valence-corrected chi connectivity index (χ0v) is 12.3. The molecule has 2 N–H and O–H groups in total. The Morgan fingerprint density at radius 3 is 3.00 bits per heavy atom. The lowest BCUT2D eigenvalue weighted by atomic mass is 10.1. The maximum atomic E-state index is 11.2. The third-order valence-electron chi connectivity index (χ3n) is 2.24. The molecule has 2 rings (SSSR count). The lowest BCUT2D eigenvalue weighted by Gasteiger charge is -2.02. The number of carboxylic acids is 1. The third kappa shape index (κ3) is 3.39. The van der Waals surface area contributed by atoms with Crippen molar-refractivity contribution in [2.45, 2.75) is 6.92 Å². The third-order valence-corrected chi connectivity index (χ3v) is 3.77. The van der Waals surface area contributed by atoms with Gasteiger partial charge in [-0.15, -0.1) is 11.3 Å². The van der Waals surface area contributed by atoms with Crippen LogP contribution < -0.4 is 5.43 Å². The van der Waals surface area contributed by atoms with Gasteiger partial charge in [-0.05, 0) is 28.9 Å². The minimum absolute atomic E-state index is 0.184. The highest BCUT2D eigenvalue weighted by Gasteiger charge is 2.12. The Bertz CT molecular complexity index is 640. The second kappa shape index (κ2) is 5.94. The van der Waals surface area contributed by atoms with Gasteiger partial charge in [0.2, 0.25) is 5.13 Å². The number of aryl methyl sites for hydroxylation is 1. The van der Waals surface area contributed by atoms with Crippen molar-refractivity contribution in [3.05, 3.63) is 44.9 Å². The van der Waals surface area contributed by atoms with Crippen molar-refractivity contribution in [1.29, 1.82) is 0 Å². The molecule has 2 aromatic rings. The largest absolute Gasteiger partial charge is 0.478 e. The topological polar surface area (TPSA) is 74.6 Å². The average Bonchev–Trinajstić information content (AvgIpc) is 2.74. The van der Waals surface area contributed by atoms with Gasteiger partial charge in [0.25, 0.3) is 0 Å². The molecule has 0 unspecified atom stereocenters. The number of aromatic carboxylic acids is 1. The lowest BCUT2D eigenvalue weighted by molar-refractivity contribution is 0.0696. The molecule has 0 aliphatic rings. The van der Waals surface area contributed by atoms with Crippen LogP contribution in [-0.2, 0) is 0 Å². The fourth-order valence-electron chi connectivity index (χ4n) is 1.44. The summed E-state index contributed by atoms with van der Waals surface area (Å²) in [5.74, 6) is -1.00.